The molecule has 1 aromatic heterocycles. The lowest BCUT2D eigenvalue weighted by Crippen LogP contribution is -3.00. The van der Waals surface area contributed by atoms with E-state index in [1.54, 1.807) is 16.2 Å². The summed E-state index contributed by atoms with van der Waals surface area (Å²) in [6.45, 7) is 3.57. The molecule has 0 atom stereocenters. The van der Waals surface area contributed by atoms with Crippen molar-refractivity contribution in [2.75, 3.05) is 18.0 Å². The van der Waals surface area contributed by atoms with Gasteiger partial charge in [-0.2, -0.15) is 4.57 Å². The van der Waals surface area contributed by atoms with E-state index in [2.05, 4.69) is 35.8 Å². The zero-order valence-corrected chi connectivity index (χ0v) is 20.2. The first kappa shape index (κ1) is 24.8. The van der Waals surface area contributed by atoms with Gasteiger partial charge in [-0.05, 0) is 36.8 Å². The average molecular weight is 552 g/mol. The highest BCUT2D eigenvalue weighted by atomic mass is 127. The number of rotatable bonds is 10. The zero-order chi connectivity index (χ0) is 21.5. The van der Waals surface area contributed by atoms with Crippen LogP contribution in [-0.2, 0) is 16.1 Å². The van der Waals surface area contributed by atoms with E-state index in [0.29, 0.717) is 0 Å². The van der Waals surface area contributed by atoms with Gasteiger partial charge in [-0.25, -0.2) is 0 Å². The predicted octanol–water partition coefficient (Wildman–Crippen LogP) is 1.14. The number of nitrogens with zero attached hydrogens (tertiary/aromatic N) is 2. The molecule has 0 fully saturated rings. The van der Waals surface area contributed by atoms with Crippen molar-refractivity contribution in [1.82, 2.24) is 0 Å². The molecular weight excluding hydrogens is 527 g/mol. The largest absolute Gasteiger partial charge is 1.00 e. The van der Waals surface area contributed by atoms with E-state index < -0.39 is 11.9 Å². The monoisotopic (exact) mass is 552 g/mol. The van der Waals surface area contributed by atoms with Crippen molar-refractivity contribution in [3.63, 3.8) is 0 Å². The van der Waals surface area contributed by atoms with Crippen LogP contribution in [0.15, 0.2) is 48.5 Å². The van der Waals surface area contributed by atoms with Crippen molar-refractivity contribution in [3.8, 4) is 0 Å². The number of aromatic nitrogens is 1. The summed E-state index contributed by atoms with van der Waals surface area (Å²) in [6, 6.07) is 16.1. The lowest BCUT2D eigenvalue weighted by atomic mass is 10.1. The van der Waals surface area contributed by atoms with Crippen molar-refractivity contribution in [2.24, 2.45) is 0 Å². The number of aliphatic carboxylic acids is 2. The molecule has 0 unspecified atom stereocenters. The van der Waals surface area contributed by atoms with Gasteiger partial charge in [0.25, 0.3) is 5.01 Å². The Balaban J connectivity index is 0.00000341. The van der Waals surface area contributed by atoms with Gasteiger partial charge >= 0.3 is 11.9 Å². The zero-order valence-electron chi connectivity index (χ0n) is 17.2. The van der Waals surface area contributed by atoms with Crippen LogP contribution in [0.25, 0.3) is 22.4 Å². The lowest BCUT2D eigenvalue weighted by molar-refractivity contribution is -0.665. The number of benzene rings is 2. The molecule has 2 aromatic carbocycles. The molecule has 0 radical (unpaired) electrons. The van der Waals surface area contributed by atoms with E-state index in [0.717, 1.165) is 17.8 Å². The van der Waals surface area contributed by atoms with Crippen LogP contribution in [0.4, 0.5) is 5.69 Å². The van der Waals surface area contributed by atoms with Crippen LogP contribution < -0.4 is 33.4 Å². The molecule has 3 aromatic rings. The third-order valence-electron chi connectivity index (χ3n) is 4.82. The van der Waals surface area contributed by atoms with E-state index in [1.165, 1.54) is 15.2 Å². The Morgan fingerprint density at radius 1 is 0.968 bits per heavy atom. The molecule has 0 spiro atoms. The van der Waals surface area contributed by atoms with E-state index in [4.69, 9.17) is 10.2 Å². The molecule has 6 nitrogen and oxygen atoms in total. The number of halogens is 1. The smallest absolute Gasteiger partial charge is 0.305 e. The normalized spacial score (nSPS) is 10.9. The summed E-state index contributed by atoms with van der Waals surface area (Å²) in [7, 11) is 0. The Morgan fingerprint density at radius 3 is 2.16 bits per heavy atom. The number of fused-ring (bicyclic) bond motifs is 1. The van der Waals surface area contributed by atoms with Crippen LogP contribution in [0, 0.1) is 0 Å². The van der Waals surface area contributed by atoms with Gasteiger partial charge in [0, 0.05) is 30.9 Å². The second-order valence-electron chi connectivity index (χ2n) is 6.85. The van der Waals surface area contributed by atoms with Gasteiger partial charge in [-0.3, -0.25) is 9.59 Å². The summed E-state index contributed by atoms with van der Waals surface area (Å²) in [5, 5.41) is 19.1. The maximum absolute atomic E-state index is 10.9. The molecule has 0 saturated heterocycles. The van der Waals surface area contributed by atoms with Gasteiger partial charge in [0.05, 0.1) is 12.8 Å². The van der Waals surface area contributed by atoms with Gasteiger partial charge in [0.1, 0.15) is 11.2 Å². The van der Waals surface area contributed by atoms with Gasteiger partial charge < -0.3 is 39.1 Å². The molecule has 0 aliphatic carbocycles. The molecule has 0 aliphatic heterocycles. The summed E-state index contributed by atoms with van der Waals surface area (Å²) in [4.78, 5) is 23.6. The minimum Gasteiger partial charge on any atom is -1.00 e. The predicted molar refractivity (Wildman–Crippen MR) is 120 cm³/mol. The highest BCUT2D eigenvalue weighted by Gasteiger charge is 2.16. The van der Waals surface area contributed by atoms with Crippen molar-refractivity contribution in [3.05, 3.63) is 59.1 Å². The number of para-hydroxylation sites is 1. The summed E-state index contributed by atoms with van der Waals surface area (Å²) in [6.07, 6.45) is 4.09. The first-order valence-corrected chi connectivity index (χ1v) is 10.7. The molecule has 2 N–H and O–H groups in total. The summed E-state index contributed by atoms with van der Waals surface area (Å²) in [5.74, 6) is -1.80. The van der Waals surface area contributed by atoms with E-state index in [9.17, 15) is 9.59 Å². The number of carboxylic acids is 2. The van der Waals surface area contributed by atoms with Gasteiger partial charge in [-0.15, -0.1) is 0 Å². The molecular formula is C23H25IN2O4S. The first-order valence-electron chi connectivity index (χ1n) is 9.86. The highest BCUT2D eigenvalue weighted by molar-refractivity contribution is 7.18. The second-order valence-corrected chi connectivity index (χ2v) is 7.91. The number of hydrogen-bond acceptors (Lipinski definition) is 4. The minimum absolute atomic E-state index is 0. The van der Waals surface area contributed by atoms with E-state index >= 15 is 0 Å². The number of carboxylic acid groups (broad SMARTS) is 2. The molecule has 8 heteroatoms. The molecule has 0 aliphatic rings. The van der Waals surface area contributed by atoms with Crippen molar-refractivity contribution in [2.45, 2.75) is 26.3 Å². The van der Waals surface area contributed by atoms with Crippen LogP contribution in [0.1, 0.15) is 30.3 Å². The number of anilines is 1. The molecule has 3 rings (SSSR count). The number of hydrogen-bond donors (Lipinski definition) is 2. The number of carbonyl (C=O) groups is 2. The van der Waals surface area contributed by atoms with Crippen LogP contribution in [0.3, 0.4) is 0 Å². The van der Waals surface area contributed by atoms with Gasteiger partial charge in [0.2, 0.25) is 5.52 Å². The van der Waals surface area contributed by atoms with Crippen LogP contribution in [0.2, 0.25) is 0 Å². The standard InChI is InChI=1S/C23H24N2O4S.HI/c1-2-25-19-5-3-4-6-20(19)30-21(25)12-9-17-7-10-18(11-8-17)24(15-13-22(26)27)16-14-23(28)29;/h3-12H,2,13-16H2,1H3,(H-,26,27,28,29);1H. The maximum atomic E-state index is 10.9. The fourth-order valence-electron chi connectivity index (χ4n) is 3.30. The van der Waals surface area contributed by atoms with Gasteiger partial charge in [-0.1, -0.05) is 35.6 Å². The Kier molecular flexibility index (Phi) is 9.44. The molecule has 0 bridgehead atoms. The topological polar surface area (TPSA) is 81.7 Å². The quantitative estimate of drug-likeness (QED) is 0.292. The van der Waals surface area contributed by atoms with Crippen molar-refractivity contribution >= 4 is 51.3 Å². The summed E-state index contributed by atoms with van der Waals surface area (Å²) in [5.41, 5.74) is 3.07. The third kappa shape index (κ3) is 6.76. The van der Waals surface area contributed by atoms with E-state index in [1.807, 2.05) is 36.4 Å². The summed E-state index contributed by atoms with van der Waals surface area (Å²) >= 11 is 1.75. The summed E-state index contributed by atoms with van der Waals surface area (Å²) < 4.78 is 3.53. The van der Waals surface area contributed by atoms with Crippen LogP contribution in [-0.4, -0.2) is 35.2 Å². The Hall–Kier alpha value is -2.46. The molecule has 31 heavy (non-hydrogen) atoms. The van der Waals surface area contributed by atoms with E-state index in [-0.39, 0.29) is 49.9 Å². The van der Waals surface area contributed by atoms with Crippen LogP contribution in [0.5, 0.6) is 0 Å². The Bertz CT molecular complexity index is 1050. The second kappa shape index (κ2) is 11.8. The number of aryl methyl sites for hydroxylation is 1. The fourth-order valence-corrected chi connectivity index (χ4v) is 4.43. The minimum atomic E-state index is -0.901. The van der Waals surface area contributed by atoms with Crippen LogP contribution >= 0.6 is 11.3 Å². The molecule has 1 heterocycles. The van der Waals surface area contributed by atoms with Gasteiger partial charge in [0.15, 0.2) is 0 Å². The Morgan fingerprint density at radius 2 is 1.58 bits per heavy atom. The Labute approximate surface area is 202 Å². The lowest BCUT2D eigenvalue weighted by Gasteiger charge is -2.23. The number of thiazole rings is 1. The molecule has 0 saturated carbocycles. The SMILES string of the molecule is CC[n+]1c(/C=C/c2ccc(N(CCC(=O)O)CCC(=O)O)cc2)sc2ccccc21.[I-]. The first-order chi connectivity index (χ1) is 14.5. The molecule has 164 valence electrons. The molecule has 0 amide bonds. The average Bonchev–Trinajstić information content (AvgIpc) is 3.10. The third-order valence-corrected chi connectivity index (χ3v) is 5.95. The van der Waals surface area contributed by atoms with Crippen molar-refractivity contribution in [1.29, 1.82) is 0 Å². The highest BCUT2D eigenvalue weighted by Crippen LogP contribution is 2.23. The fraction of sp³-hybridized carbons (Fsp3) is 0.261. The maximum Gasteiger partial charge on any atom is 0.305 e. The van der Waals surface area contributed by atoms with Crippen molar-refractivity contribution < 1.29 is 48.3 Å².